The quantitative estimate of drug-likeness (QED) is 0.620. The summed E-state index contributed by atoms with van der Waals surface area (Å²) in [7, 11) is -4.09. The fourth-order valence-corrected chi connectivity index (χ4v) is 3.58. The summed E-state index contributed by atoms with van der Waals surface area (Å²) in [6, 6.07) is 1.99. The van der Waals surface area contributed by atoms with Gasteiger partial charge < -0.3 is 10.1 Å². The molecule has 0 spiro atoms. The van der Waals surface area contributed by atoms with Gasteiger partial charge in [0.2, 0.25) is 0 Å². The number of nitro benzene ring substituents is 1. The maximum atomic E-state index is 12.6. The number of benzene rings is 1. The standard InChI is InChI=1S/C14H17F3N2O5S/c1-24-10-4-2-3-9(7-10)18-12-6-5-11(8-13(12)19(20)21)25(22,23)14(15,16)17/h5-6,8-10,18H,2-4,7H2,1H3. The Bertz CT molecular complexity index is 751. The molecule has 0 bridgehead atoms. The highest BCUT2D eigenvalue weighted by atomic mass is 32.2. The number of sulfone groups is 1. The molecule has 2 rings (SSSR count). The van der Waals surface area contributed by atoms with Gasteiger partial charge in [-0.1, -0.05) is 0 Å². The highest BCUT2D eigenvalue weighted by molar-refractivity contribution is 7.92. The number of nitro groups is 1. The lowest BCUT2D eigenvalue weighted by Crippen LogP contribution is -2.31. The van der Waals surface area contributed by atoms with Crippen molar-refractivity contribution in [2.45, 2.75) is 48.2 Å². The maximum Gasteiger partial charge on any atom is 0.501 e. The first kappa shape index (κ1) is 19.4. The second-order valence-corrected chi connectivity index (χ2v) is 7.69. The predicted octanol–water partition coefficient (Wildman–Crippen LogP) is 3.26. The van der Waals surface area contributed by atoms with Gasteiger partial charge in [-0.2, -0.15) is 13.2 Å². The summed E-state index contributed by atoms with van der Waals surface area (Å²) in [5.41, 5.74) is -6.26. The number of methoxy groups -OCH3 is 1. The summed E-state index contributed by atoms with van der Waals surface area (Å²) >= 11 is 0. The average molecular weight is 382 g/mol. The third-order valence-electron chi connectivity index (χ3n) is 4.10. The number of nitrogens with one attached hydrogen (secondary N) is 1. The van der Waals surface area contributed by atoms with Crippen molar-refractivity contribution >= 4 is 21.2 Å². The molecule has 0 aliphatic heterocycles. The highest BCUT2D eigenvalue weighted by Gasteiger charge is 2.47. The van der Waals surface area contributed by atoms with Gasteiger partial charge in [-0.25, -0.2) is 8.42 Å². The van der Waals surface area contributed by atoms with Gasteiger partial charge in [-0.05, 0) is 37.8 Å². The van der Waals surface area contributed by atoms with Crippen LogP contribution in [0.1, 0.15) is 25.7 Å². The molecule has 1 aromatic rings. The van der Waals surface area contributed by atoms with Crippen LogP contribution in [0.25, 0.3) is 0 Å². The van der Waals surface area contributed by atoms with Gasteiger partial charge in [0.05, 0.1) is 15.9 Å². The van der Waals surface area contributed by atoms with Gasteiger partial charge in [0, 0.05) is 19.2 Å². The van der Waals surface area contributed by atoms with E-state index in [-0.39, 0.29) is 17.8 Å². The molecule has 1 aliphatic rings. The fourth-order valence-electron chi connectivity index (χ4n) is 2.80. The van der Waals surface area contributed by atoms with Crippen molar-refractivity contribution < 1.29 is 31.2 Å². The summed E-state index contributed by atoms with van der Waals surface area (Å²) in [6.07, 6.45) is 3.01. The lowest BCUT2D eigenvalue weighted by molar-refractivity contribution is -0.384. The summed E-state index contributed by atoms with van der Waals surface area (Å²) in [5, 5.41) is 14.1. The molecule has 25 heavy (non-hydrogen) atoms. The van der Waals surface area contributed by atoms with Crippen LogP contribution in [0.3, 0.4) is 0 Å². The summed E-state index contributed by atoms with van der Waals surface area (Å²) in [4.78, 5) is 9.11. The van der Waals surface area contributed by atoms with Crippen molar-refractivity contribution in [1.29, 1.82) is 0 Å². The van der Waals surface area contributed by atoms with Crippen molar-refractivity contribution in [3.05, 3.63) is 28.3 Å². The molecule has 140 valence electrons. The van der Waals surface area contributed by atoms with Crippen LogP contribution >= 0.6 is 0 Å². The second kappa shape index (κ2) is 7.16. The van der Waals surface area contributed by atoms with Crippen molar-refractivity contribution in [2.75, 3.05) is 12.4 Å². The first-order chi connectivity index (χ1) is 11.6. The molecule has 1 fully saturated rings. The van der Waals surface area contributed by atoms with E-state index in [0.717, 1.165) is 31.4 Å². The molecule has 0 saturated heterocycles. The molecule has 2 unspecified atom stereocenters. The SMILES string of the molecule is COC1CCCC(Nc2ccc(S(=O)(=O)C(F)(F)F)cc2[N+](=O)[O-])C1. The normalized spacial score (nSPS) is 21.8. The van der Waals surface area contributed by atoms with E-state index in [9.17, 15) is 31.7 Å². The molecule has 1 aliphatic carbocycles. The van der Waals surface area contributed by atoms with E-state index in [1.54, 1.807) is 7.11 Å². The molecule has 1 N–H and O–H groups in total. The van der Waals surface area contributed by atoms with E-state index in [1.165, 1.54) is 0 Å². The van der Waals surface area contributed by atoms with Crippen LogP contribution in [0.2, 0.25) is 0 Å². The van der Waals surface area contributed by atoms with Gasteiger partial charge in [-0.3, -0.25) is 10.1 Å². The molecule has 0 aromatic heterocycles. The molecule has 0 amide bonds. The molecule has 0 radical (unpaired) electrons. The number of anilines is 1. The minimum atomic E-state index is -5.65. The Morgan fingerprint density at radius 1 is 1.32 bits per heavy atom. The first-order valence-corrected chi connectivity index (χ1v) is 8.93. The van der Waals surface area contributed by atoms with Gasteiger partial charge in [0.1, 0.15) is 5.69 Å². The molecule has 1 saturated carbocycles. The van der Waals surface area contributed by atoms with E-state index in [0.29, 0.717) is 12.5 Å². The van der Waals surface area contributed by atoms with E-state index >= 15 is 0 Å². The summed E-state index contributed by atoms with van der Waals surface area (Å²) in [5.74, 6) is 0. The molecule has 1 aromatic carbocycles. The number of hydrogen-bond donors (Lipinski definition) is 1. The van der Waals surface area contributed by atoms with Crippen LogP contribution in [-0.4, -0.2) is 38.1 Å². The number of hydrogen-bond acceptors (Lipinski definition) is 6. The molecule has 0 heterocycles. The van der Waals surface area contributed by atoms with Gasteiger partial charge in [0.15, 0.2) is 0 Å². The Kier molecular flexibility index (Phi) is 5.57. The zero-order valence-electron chi connectivity index (χ0n) is 13.2. The minimum absolute atomic E-state index is 0.00446. The zero-order chi connectivity index (χ0) is 18.8. The number of nitrogens with zero attached hydrogens (tertiary/aromatic N) is 1. The minimum Gasteiger partial charge on any atom is -0.381 e. The average Bonchev–Trinajstić information content (AvgIpc) is 2.54. The highest BCUT2D eigenvalue weighted by Crippen LogP contribution is 2.35. The smallest absolute Gasteiger partial charge is 0.381 e. The van der Waals surface area contributed by atoms with E-state index < -0.39 is 30.9 Å². The third kappa shape index (κ3) is 4.21. The number of rotatable bonds is 5. The molecule has 7 nitrogen and oxygen atoms in total. The second-order valence-electron chi connectivity index (χ2n) is 5.75. The van der Waals surface area contributed by atoms with Gasteiger partial charge in [-0.15, -0.1) is 0 Å². The van der Waals surface area contributed by atoms with Crippen LogP contribution < -0.4 is 5.32 Å². The number of alkyl halides is 3. The van der Waals surface area contributed by atoms with Crippen LogP contribution in [0, 0.1) is 10.1 Å². The van der Waals surface area contributed by atoms with E-state index in [2.05, 4.69) is 5.32 Å². The predicted molar refractivity (Wildman–Crippen MR) is 83.0 cm³/mol. The topological polar surface area (TPSA) is 98.5 Å². The van der Waals surface area contributed by atoms with Gasteiger partial charge >= 0.3 is 5.51 Å². The molecule has 2 atom stereocenters. The number of ether oxygens (including phenoxy) is 1. The summed E-state index contributed by atoms with van der Waals surface area (Å²) in [6.45, 7) is 0. The van der Waals surface area contributed by atoms with Crippen LogP contribution in [-0.2, 0) is 14.6 Å². The van der Waals surface area contributed by atoms with Crippen molar-refractivity contribution in [1.82, 2.24) is 0 Å². The lowest BCUT2D eigenvalue weighted by Gasteiger charge is -2.29. The monoisotopic (exact) mass is 382 g/mol. The lowest BCUT2D eigenvalue weighted by atomic mass is 9.92. The Hall–Kier alpha value is -1.88. The summed E-state index contributed by atoms with van der Waals surface area (Å²) < 4.78 is 66.0. The van der Waals surface area contributed by atoms with Crippen LogP contribution in [0.4, 0.5) is 24.5 Å². The third-order valence-corrected chi connectivity index (χ3v) is 5.58. The number of halogens is 3. The van der Waals surface area contributed by atoms with Gasteiger partial charge in [0.25, 0.3) is 15.5 Å². The van der Waals surface area contributed by atoms with E-state index in [1.807, 2.05) is 0 Å². The molecular formula is C14H17F3N2O5S. The molecule has 11 heteroatoms. The Morgan fingerprint density at radius 2 is 2.00 bits per heavy atom. The fraction of sp³-hybridized carbons (Fsp3) is 0.571. The van der Waals surface area contributed by atoms with Crippen LogP contribution in [0.5, 0.6) is 0 Å². The van der Waals surface area contributed by atoms with Crippen molar-refractivity contribution in [2.24, 2.45) is 0 Å². The Morgan fingerprint density at radius 3 is 2.56 bits per heavy atom. The van der Waals surface area contributed by atoms with Crippen LogP contribution in [0.15, 0.2) is 23.1 Å². The maximum absolute atomic E-state index is 12.6. The van der Waals surface area contributed by atoms with Crippen molar-refractivity contribution in [3.63, 3.8) is 0 Å². The molecular weight excluding hydrogens is 365 g/mol. The Labute approximate surface area is 142 Å². The largest absolute Gasteiger partial charge is 0.501 e. The first-order valence-electron chi connectivity index (χ1n) is 7.45. The zero-order valence-corrected chi connectivity index (χ0v) is 14.1. The van der Waals surface area contributed by atoms with Crippen molar-refractivity contribution in [3.8, 4) is 0 Å². The Balaban J connectivity index is 2.33. The van der Waals surface area contributed by atoms with E-state index in [4.69, 9.17) is 4.74 Å².